The van der Waals surface area contributed by atoms with Crippen LogP contribution in [-0.2, 0) is 11.2 Å². The summed E-state index contributed by atoms with van der Waals surface area (Å²) in [5.74, 6) is 0.0741. The lowest BCUT2D eigenvalue weighted by atomic mass is 10.1. The molecule has 3 N–H and O–H groups in total. The molecule has 0 aliphatic carbocycles. The Bertz CT molecular complexity index is 846. The van der Waals surface area contributed by atoms with Crippen LogP contribution in [0.3, 0.4) is 0 Å². The number of hydrogen-bond acceptors (Lipinski definition) is 4. The first kappa shape index (κ1) is 22.8. The Balaban J connectivity index is 1.76. The molecule has 2 aromatic rings. The lowest BCUT2D eigenvalue weighted by Crippen LogP contribution is -2.48. The summed E-state index contributed by atoms with van der Waals surface area (Å²) in [6.45, 7) is 2.72. The van der Waals surface area contributed by atoms with Crippen LogP contribution in [0.1, 0.15) is 42.1 Å². The second-order valence-electron chi connectivity index (χ2n) is 6.29. The molecule has 2 aromatic carbocycles. The van der Waals surface area contributed by atoms with Crippen molar-refractivity contribution in [3.8, 4) is 5.75 Å². The molecule has 0 saturated heterocycles. The summed E-state index contributed by atoms with van der Waals surface area (Å²) in [5.41, 5.74) is 6.52. The molecule has 8 heteroatoms. The number of aryl methyl sites for hydroxylation is 1. The molecule has 29 heavy (non-hydrogen) atoms. The summed E-state index contributed by atoms with van der Waals surface area (Å²) in [6, 6.07) is 14.8. The van der Waals surface area contributed by atoms with Crippen LogP contribution in [0, 0.1) is 0 Å². The Hall–Kier alpha value is -2.45. The lowest BCUT2D eigenvalue weighted by Gasteiger charge is -2.12. The largest absolute Gasteiger partial charge is 0.492 e. The average Bonchev–Trinajstić information content (AvgIpc) is 2.72. The predicted molar refractivity (Wildman–Crippen MR) is 121 cm³/mol. The van der Waals surface area contributed by atoms with E-state index < -0.39 is 0 Å². The third-order valence-electron chi connectivity index (χ3n) is 3.98. The Labute approximate surface area is 184 Å². The zero-order valence-corrected chi connectivity index (χ0v) is 18.6. The van der Waals surface area contributed by atoms with Gasteiger partial charge in [-0.2, -0.15) is 0 Å². The number of carbonyl (C=O) groups is 2. The number of rotatable bonds is 8. The average molecular weight is 478 g/mol. The number of hydrogen-bond donors (Lipinski definition) is 3. The summed E-state index contributed by atoms with van der Waals surface area (Å²) < 4.78 is 6.34. The van der Waals surface area contributed by atoms with E-state index in [0.717, 1.165) is 18.4 Å². The van der Waals surface area contributed by atoms with Gasteiger partial charge in [0.1, 0.15) is 5.75 Å². The minimum atomic E-state index is -0.387. The molecule has 0 aliphatic heterocycles. The highest BCUT2D eigenvalue weighted by molar-refractivity contribution is 9.10. The van der Waals surface area contributed by atoms with Crippen molar-refractivity contribution in [1.29, 1.82) is 0 Å². The molecule has 0 aliphatic rings. The highest BCUT2D eigenvalue weighted by Gasteiger charge is 2.11. The number of thiocarbonyl (C=S) groups is 1. The molecular formula is C21H24BrN3O3S. The third kappa shape index (κ3) is 8.21. The lowest BCUT2D eigenvalue weighted by molar-refractivity contribution is -0.121. The molecule has 0 saturated carbocycles. The topological polar surface area (TPSA) is 79.5 Å². The SMILES string of the molecule is CCCCOc1ccc(C(=O)NC(=S)NNC(=O)CCc2ccccc2)cc1Br. The normalized spacial score (nSPS) is 10.1. The molecule has 0 heterocycles. The second-order valence-corrected chi connectivity index (χ2v) is 7.55. The van der Waals surface area contributed by atoms with Gasteiger partial charge in [-0.15, -0.1) is 0 Å². The monoisotopic (exact) mass is 477 g/mol. The van der Waals surface area contributed by atoms with Crippen LogP contribution in [0.25, 0.3) is 0 Å². The van der Waals surface area contributed by atoms with Crippen molar-refractivity contribution < 1.29 is 14.3 Å². The summed E-state index contributed by atoms with van der Waals surface area (Å²) in [6.07, 6.45) is 2.94. The number of halogens is 1. The molecule has 0 unspecified atom stereocenters. The van der Waals surface area contributed by atoms with Crippen molar-refractivity contribution in [2.75, 3.05) is 6.61 Å². The van der Waals surface area contributed by atoms with E-state index in [1.165, 1.54) is 0 Å². The fraction of sp³-hybridized carbons (Fsp3) is 0.286. The van der Waals surface area contributed by atoms with Crippen molar-refractivity contribution in [3.63, 3.8) is 0 Å². The minimum absolute atomic E-state index is 0.0162. The van der Waals surface area contributed by atoms with Crippen LogP contribution >= 0.6 is 28.1 Å². The highest BCUT2D eigenvalue weighted by Crippen LogP contribution is 2.26. The van der Waals surface area contributed by atoms with Gasteiger partial charge in [-0.05, 0) is 64.8 Å². The molecule has 6 nitrogen and oxygen atoms in total. The molecule has 154 valence electrons. The van der Waals surface area contributed by atoms with Crippen LogP contribution in [0.15, 0.2) is 53.0 Å². The molecule has 2 rings (SSSR count). The fourth-order valence-electron chi connectivity index (χ4n) is 2.38. The van der Waals surface area contributed by atoms with Crippen molar-refractivity contribution in [2.24, 2.45) is 0 Å². The maximum atomic E-state index is 12.3. The van der Waals surface area contributed by atoms with E-state index in [1.54, 1.807) is 18.2 Å². The Morgan fingerprint density at radius 1 is 1.10 bits per heavy atom. The van der Waals surface area contributed by atoms with E-state index in [4.69, 9.17) is 17.0 Å². The molecule has 0 bridgehead atoms. The van der Waals surface area contributed by atoms with E-state index in [0.29, 0.717) is 35.2 Å². The number of carbonyl (C=O) groups excluding carboxylic acids is 2. The van der Waals surface area contributed by atoms with E-state index >= 15 is 0 Å². The third-order valence-corrected chi connectivity index (χ3v) is 4.80. The number of hydrazine groups is 1. The van der Waals surface area contributed by atoms with Crippen LogP contribution in [-0.4, -0.2) is 23.5 Å². The Kier molecular flexibility index (Phi) is 9.59. The number of unbranched alkanes of at least 4 members (excludes halogenated alkanes) is 1. The Morgan fingerprint density at radius 2 is 1.86 bits per heavy atom. The van der Waals surface area contributed by atoms with Crippen molar-refractivity contribution >= 4 is 45.1 Å². The quantitative estimate of drug-likeness (QED) is 0.305. The maximum Gasteiger partial charge on any atom is 0.257 e. The van der Waals surface area contributed by atoms with Crippen molar-refractivity contribution in [3.05, 3.63) is 64.1 Å². The highest BCUT2D eigenvalue weighted by atomic mass is 79.9. The first-order chi connectivity index (χ1) is 14.0. The van der Waals surface area contributed by atoms with Gasteiger partial charge in [0.15, 0.2) is 5.11 Å². The second kappa shape index (κ2) is 12.2. The molecule has 0 fully saturated rings. The van der Waals surface area contributed by atoms with Gasteiger partial charge in [0.2, 0.25) is 5.91 Å². The van der Waals surface area contributed by atoms with Crippen LogP contribution < -0.4 is 20.9 Å². The van der Waals surface area contributed by atoms with Crippen molar-refractivity contribution in [1.82, 2.24) is 16.2 Å². The van der Waals surface area contributed by atoms with Crippen LogP contribution in [0.2, 0.25) is 0 Å². The zero-order valence-electron chi connectivity index (χ0n) is 16.2. The summed E-state index contributed by atoms with van der Waals surface area (Å²) in [4.78, 5) is 24.2. The van der Waals surface area contributed by atoms with Gasteiger partial charge in [-0.1, -0.05) is 43.7 Å². The standard InChI is InChI=1S/C21H24BrN3O3S/c1-2-3-13-28-18-11-10-16(14-17(18)22)20(27)23-21(29)25-24-19(26)12-9-15-7-5-4-6-8-15/h4-8,10-11,14H,2-3,9,12-13H2,1H3,(H,24,26)(H2,23,25,27,29). The minimum Gasteiger partial charge on any atom is -0.492 e. The van der Waals surface area contributed by atoms with Gasteiger partial charge < -0.3 is 4.74 Å². The van der Waals surface area contributed by atoms with E-state index in [9.17, 15) is 9.59 Å². The van der Waals surface area contributed by atoms with E-state index in [1.807, 2.05) is 30.3 Å². The van der Waals surface area contributed by atoms with Crippen molar-refractivity contribution in [2.45, 2.75) is 32.6 Å². The molecule has 2 amide bonds. The number of ether oxygens (including phenoxy) is 1. The zero-order chi connectivity index (χ0) is 21.1. The Morgan fingerprint density at radius 3 is 2.55 bits per heavy atom. The number of amides is 2. The smallest absolute Gasteiger partial charge is 0.257 e. The molecule has 0 aromatic heterocycles. The molecule has 0 atom stereocenters. The summed E-state index contributed by atoms with van der Waals surface area (Å²) >= 11 is 8.47. The number of benzene rings is 2. The molecule has 0 radical (unpaired) electrons. The first-order valence-corrected chi connectivity index (χ1v) is 10.6. The van der Waals surface area contributed by atoms with Crippen LogP contribution in [0.5, 0.6) is 5.75 Å². The van der Waals surface area contributed by atoms with Gasteiger partial charge in [-0.3, -0.25) is 25.8 Å². The van der Waals surface area contributed by atoms with E-state index in [2.05, 4.69) is 39.0 Å². The van der Waals surface area contributed by atoms with Crippen LogP contribution in [0.4, 0.5) is 0 Å². The number of nitrogens with one attached hydrogen (secondary N) is 3. The van der Waals surface area contributed by atoms with Gasteiger partial charge >= 0.3 is 0 Å². The molecule has 0 spiro atoms. The maximum absolute atomic E-state index is 12.3. The summed E-state index contributed by atoms with van der Waals surface area (Å²) in [7, 11) is 0. The first-order valence-electron chi connectivity index (χ1n) is 9.36. The summed E-state index contributed by atoms with van der Waals surface area (Å²) in [5, 5.41) is 2.55. The predicted octanol–water partition coefficient (Wildman–Crippen LogP) is 3.90. The fourth-order valence-corrected chi connectivity index (χ4v) is 3.02. The van der Waals surface area contributed by atoms with Gasteiger partial charge in [-0.25, -0.2) is 0 Å². The molecular weight excluding hydrogens is 454 g/mol. The van der Waals surface area contributed by atoms with Gasteiger partial charge in [0, 0.05) is 12.0 Å². The van der Waals surface area contributed by atoms with Gasteiger partial charge in [0.05, 0.1) is 11.1 Å². The van der Waals surface area contributed by atoms with Gasteiger partial charge in [0.25, 0.3) is 5.91 Å². The van der Waals surface area contributed by atoms with E-state index in [-0.39, 0.29) is 16.9 Å².